The summed E-state index contributed by atoms with van der Waals surface area (Å²) >= 11 is 1.52. The molecule has 0 fully saturated rings. The van der Waals surface area contributed by atoms with Gasteiger partial charge in [0.25, 0.3) is 10.2 Å². The highest BCUT2D eigenvalue weighted by atomic mass is 32.2. The van der Waals surface area contributed by atoms with Crippen LogP contribution in [0, 0.1) is 6.92 Å². The Kier molecular flexibility index (Phi) is 5.63. The number of benzene rings is 2. The number of hydrogen-bond donors (Lipinski definition) is 2. The van der Waals surface area contributed by atoms with Crippen LogP contribution in [-0.2, 0) is 16.6 Å². The molecule has 0 saturated heterocycles. The van der Waals surface area contributed by atoms with E-state index in [1.807, 2.05) is 51.1 Å². The van der Waals surface area contributed by atoms with Crippen molar-refractivity contribution in [3.63, 3.8) is 0 Å². The third-order valence-corrected chi connectivity index (χ3v) is 6.64. The van der Waals surface area contributed by atoms with E-state index in [0.717, 1.165) is 50.0 Å². The highest BCUT2D eigenvalue weighted by molar-refractivity contribution is 7.87. The van der Waals surface area contributed by atoms with E-state index < -0.39 is 10.2 Å². The van der Waals surface area contributed by atoms with Crippen molar-refractivity contribution in [2.24, 2.45) is 5.14 Å². The minimum Gasteiger partial charge on any atom is -0.491 e. The van der Waals surface area contributed by atoms with Crippen molar-refractivity contribution in [1.29, 1.82) is 0 Å². The van der Waals surface area contributed by atoms with Crippen LogP contribution in [0.3, 0.4) is 0 Å². The number of nitrogens with one attached hydrogen (secondary N) is 1. The first-order chi connectivity index (χ1) is 14.2. The molecule has 1 heterocycles. The Balaban J connectivity index is 1.64. The number of aromatic nitrogens is 2. The van der Waals surface area contributed by atoms with Crippen molar-refractivity contribution in [2.75, 3.05) is 0 Å². The molecule has 0 unspecified atom stereocenters. The molecule has 0 amide bonds. The minimum atomic E-state index is -3.76. The molecule has 0 spiro atoms. The molecule has 4 rings (SSSR count). The quantitative estimate of drug-likeness (QED) is 0.602. The van der Waals surface area contributed by atoms with Crippen LogP contribution in [0.1, 0.15) is 43.0 Å². The van der Waals surface area contributed by atoms with E-state index in [1.165, 1.54) is 11.3 Å². The van der Waals surface area contributed by atoms with Gasteiger partial charge in [-0.15, -0.1) is 10.2 Å². The monoisotopic (exact) mass is 444 g/mol. The Morgan fingerprint density at radius 3 is 2.67 bits per heavy atom. The number of hydrogen-bond acceptors (Lipinski definition) is 6. The van der Waals surface area contributed by atoms with Crippen LogP contribution in [0.15, 0.2) is 36.4 Å². The molecular formula is C21H24N4O3S2. The molecule has 158 valence electrons. The van der Waals surface area contributed by atoms with Gasteiger partial charge in [0.05, 0.1) is 6.10 Å². The first-order valence-corrected chi connectivity index (χ1v) is 12.1. The fourth-order valence-electron chi connectivity index (χ4n) is 3.79. The SMILES string of the molecule is Cc1cc(-c2nnc(-c3cccc4c3CC[C@@H]4NS(N)(=O)=O)s2)ccc1OC(C)C. The van der Waals surface area contributed by atoms with Crippen LogP contribution < -0.4 is 14.6 Å². The van der Waals surface area contributed by atoms with Crippen molar-refractivity contribution in [2.45, 2.75) is 45.8 Å². The predicted octanol–water partition coefficient (Wildman–Crippen LogP) is 3.75. The Morgan fingerprint density at radius 1 is 1.20 bits per heavy atom. The summed E-state index contributed by atoms with van der Waals surface area (Å²) < 4.78 is 31.2. The molecule has 1 atom stereocenters. The van der Waals surface area contributed by atoms with Crippen molar-refractivity contribution >= 4 is 21.5 Å². The molecule has 1 aromatic heterocycles. The summed E-state index contributed by atoms with van der Waals surface area (Å²) in [5.41, 5.74) is 5.08. The maximum atomic E-state index is 11.5. The topological polar surface area (TPSA) is 107 Å². The molecule has 0 saturated carbocycles. The van der Waals surface area contributed by atoms with E-state index in [9.17, 15) is 8.42 Å². The standard InChI is InChI=1S/C21H24N4O3S2/c1-12(2)28-19-10-7-14(11-13(19)3)20-23-24-21(29-20)17-6-4-5-16-15(17)8-9-18(16)25-30(22,26)27/h4-7,10-12,18,25H,8-9H2,1-3H3,(H2,22,26,27)/t18-/m0/s1. The van der Waals surface area contributed by atoms with Gasteiger partial charge in [-0.2, -0.15) is 13.1 Å². The van der Waals surface area contributed by atoms with Gasteiger partial charge in [-0.25, -0.2) is 5.14 Å². The van der Waals surface area contributed by atoms with E-state index in [2.05, 4.69) is 21.0 Å². The van der Waals surface area contributed by atoms with E-state index in [0.29, 0.717) is 6.42 Å². The summed E-state index contributed by atoms with van der Waals surface area (Å²) in [5, 5.41) is 15.6. The first kappa shape index (κ1) is 20.9. The van der Waals surface area contributed by atoms with Crippen LogP contribution in [0.5, 0.6) is 5.75 Å². The number of nitrogens with two attached hydrogens (primary N) is 1. The van der Waals surface area contributed by atoms with Crippen molar-refractivity contribution in [3.8, 4) is 26.9 Å². The van der Waals surface area contributed by atoms with Gasteiger partial charge in [-0.3, -0.25) is 0 Å². The molecular weight excluding hydrogens is 420 g/mol. The number of nitrogens with zero attached hydrogens (tertiary/aromatic N) is 2. The van der Waals surface area contributed by atoms with Gasteiger partial charge in [0.1, 0.15) is 15.8 Å². The third-order valence-electron chi connectivity index (χ3n) is 5.02. The zero-order valence-corrected chi connectivity index (χ0v) is 18.7. The molecule has 7 nitrogen and oxygen atoms in total. The Labute approximate surface area is 180 Å². The fraction of sp³-hybridized carbons (Fsp3) is 0.333. The molecule has 0 bridgehead atoms. The zero-order chi connectivity index (χ0) is 21.5. The number of rotatable bonds is 6. The second kappa shape index (κ2) is 8.07. The average Bonchev–Trinajstić information content (AvgIpc) is 3.29. The number of fused-ring (bicyclic) bond motifs is 1. The van der Waals surface area contributed by atoms with Crippen LogP contribution >= 0.6 is 11.3 Å². The molecule has 1 aliphatic rings. The summed E-state index contributed by atoms with van der Waals surface area (Å²) in [6.07, 6.45) is 1.55. The van der Waals surface area contributed by atoms with E-state index >= 15 is 0 Å². The normalized spacial score (nSPS) is 16.1. The molecule has 0 radical (unpaired) electrons. The third kappa shape index (κ3) is 4.39. The van der Waals surface area contributed by atoms with Crippen molar-refractivity contribution in [3.05, 3.63) is 53.1 Å². The lowest BCUT2D eigenvalue weighted by molar-refractivity contribution is 0.241. The largest absolute Gasteiger partial charge is 0.491 e. The fourth-order valence-corrected chi connectivity index (χ4v) is 5.33. The smallest absolute Gasteiger partial charge is 0.274 e. The lowest BCUT2D eigenvalue weighted by Crippen LogP contribution is -2.33. The molecule has 9 heteroatoms. The summed E-state index contributed by atoms with van der Waals surface area (Å²) in [7, 11) is -3.76. The Hall–Kier alpha value is -2.33. The van der Waals surface area contributed by atoms with Gasteiger partial charge in [-0.05, 0) is 68.5 Å². The van der Waals surface area contributed by atoms with Gasteiger partial charge in [0.2, 0.25) is 0 Å². The van der Waals surface area contributed by atoms with Crippen LogP contribution in [-0.4, -0.2) is 24.7 Å². The summed E-state index contributed by atoms with van der Waals surface area (Å²) in [4.78, 5) is 0. The van der Waals surface area contributed by atoms with Gasteiger partial charge < -0.3 is 4.74 Å². The Bertz CT molecular complexity index is 1190. The van der Waals surface area contributed by atoms with Crippen LogP contribution in [0.25, 0.3) is 21.1 Å². The van der Waals surface area contributed by atoms with Gasteiger partial charge in [0, 0.05) is 17.2 Å². The van der Waals surface area contributed by atoms with Gasteiger partial charge >= 0.3 is 0 Å². The Morgan fingerprint density at radius 2 is 1.97 bits per heavy atom. The van der Waals surface area contributed by atoms with Crippen LogP contribution in [0.2, 0.25) is 0 Å². The first-order valence-electron chi connectivity index (χ1n) is 9.74. The number of ether oxygens (including phenoxy) is 1. The van der Waals surface area contributed by atoms with Crippen LogP contribution in [0.4, 0.5) is 0 Å². The van der Waals surface area contributed by atoms with E-state index in [4.69, 9.17) is 9.88 Å². The second-order valence-corrected chi connectivity index (χ2v) is 9.99. The second-order valence-electron chi connectivity index (χ2n) is 7.69. The highest BCUT2D eigenvalue weighted by Gasteiger charge is 2.28. The molecule has 0 aliphatic heterocycles. The molecule has 3 aromatic rings. The minimum absolute atomic E-state index is 0.121. The summed E-state index contributed by atoms with van der Waals surface area (Å²) in [6.45, 7) is 6.03. The van der Waals surface area contributed by atoms with Gasteiger partial charge in [0.15, 0.2) is 0 Å². The van der Waals surface area contributed by atoms with E-state index in [1.54, 1.807) is 0 Å². The zero-order valence-electron chi connectivity index (χ0n) is 17.0. The molecule has 2 aromatic carbocycles. The van der Waals surface area contributed by atoms with Crippen molar-refractivity contribution < 1.29 is 13.2 Å². The lowest BCUT2D eigenvalue weighted by Gasteiger charge is -2.12. The van der Waals surface area contributed by atoms with Gasteiger partial charge in [-0.1, -0.05) is 29.5 Å². The lowest BCUT2D eigenvalue weighted by atomic mass is 10.0. The maximum absolute atomic E-state index is 11.5. The predicted molar refractivity (Wildman–Crippen MR) is 119 cm³/mol. The highest BCUT2D eigenvalue weighted by Crippen LogP contribution is 2.40. The van der Waals surface area contributed by atoms with E-state index in [-0.39, 0.29) is 12.1 Å². The summed E-state index contributed by atoms with van der Waals surface area (Å²) in [5.74, 6) is 0.868. The average molecular weight is 445 g/mol. The number of aryl methyl sites for hydroxylation is 1. The molecule has 30 heavy (non-hydrogen) atoms. The molecule has 3 N–H and O–H groups in total. The van der Waals surface area contributed by atoms with Crippen molar-refractivity contribution in [1.82, 2.24) is 14.9 Å². The maximum Gasteiger partial charge on any atom is 0.274 e. The summed E-state index contributed by atoms with van der Waals surface area (Å²) in [6, 6.07) is 11.6. The molecule has 1 aliphatic carbocycles.